The Hall–Kier alpha value is -2.58. The van der Waals surface area contributed by atoms with Crippen LogP contribution < -0.4 is 14.5 Å². The topological polar surface area (TPSA) is 89.9 Å². The third-order valence-electron chi connectivity index (χ3n) is 8.13. The number of carbonyl (C=O) groups is 1. The highest BCUT2D eigenvalue weighted by molar-refractivity contribution is 7.92. The van der Waals surface area contributed by atoms with Gasteiger partial charge in [0, 0.05) is 49.5 Å². The van der Waals surface area contributed by atoms with Crippen LogP contribution in [0.5, 0.6) is 0 Å². The number of anilines is 3. The number of aliphatic hydroxyl groups excluding tert-OH is 1. The van der Waals surface area contributed by atoms with Crippen molar-refractivity contribution in [3.8, 4) is 0 Å². The van der Waals surface area contributed by atoms with E-state index in [4.69, 9.17) is 5.11 Å². The third-order valence-corrected chi connectivity index (χ3v) is 9.39. The lowest BCUT2D eigenvalue weighted by Crippen LogP contribution is -2.35. The number of rotatable bonds is 10. The largest absolute Gasteiger partial charge is 0.395 e. The number of Topliss-reactive ketones (excluding diaryl/α,β-unsaturated/α-hetero) is 1. The molecule has 1 aliphatic carbocycles. The highest BCUT2D eigenvalue weighted by atomic mass is 32.2. The molecular formula is C29H39N3O4S. The molecule has 0 bridgehead atoms. The zero-order valence-corrected chi connectivity index (χ0v) is 22.4. The average Bonchev–Trinajstić information content (AvgIpc) is 3.76. The molecule has 2 N–H and O–H groups in total. The van der Waals surface area contributed by atoms with E-state index in [0.29, 0.717) is 11.3 Å². The van der Waals surface area contributed by atoms with Crippen LogP contribution in [0.15, 0.2) is 42.5 Å². The summed E-state index contributed by atoms with van der Waals surface area (Å²) in [6.07, 6.45) is 8.88. The van der Waals surface area contributed by atoms with Gasteiger partial charge in [0.1, 0.15) is 0 Å². The minimum Gasteiger partial charge on any atom is -0.395 e. The van der Waals surface area contributed by atoms with Gasteiger partial charge in [0.15, 0.2) is 5.78 Å². The first-order chi connectivity index (χ1) is 17.9. The van der Waals surface area contributed by atoms with Gasteiger partial charge in [-0.15, -0.1) is 0 Å². The van der Waals surface area contributed by atoms with Crippen LogP contribution in [-0.4, -0.2) is 57.8 Å². The fraction of sp³-hybridized carbons (Fsp3) is 0.552. The summed E-state index contributed by atoms with van der Waals surface area (Å²) in [4.78, 5) is 18.1. The molecule has 37 heavy (non-hydrogen) atoms. The van der Waals surface area contributed by atoms with Crippen molar-refractivity contribution < 1.29 is 18.3 Å². The van der Waals surface area contributed by atoms with Gasteiger partial charge in [-0.05, 0) is 86.6 Å². The quantitative estimate of drug-likeness (QED) is 0.445. The lowest BCUT2D eigenvalue weighted by atomic mass is 9.91. The molecule has 0 amide bonds. The third kappa shape index (κ3) is 6.65. The number of hydrogen-bond acceptors (Lipinski definition) is 6. The molecule has 2 aromatic carbocycles. The van der Waals surface area contributed by atoms with Crippen LogP contribution in [0, 0.1) is 11.8 Å². The van der Waals surface area contributed by atoms with E-state index in [-0.39, 0.29) is 18.0 Å². The predicted molar refractivity (Wildman–Crippen MR) is 149 cm³/mol. The number of ketones is 1. The summed E-state index contributed by atoms with van der Waals surface area (Å²) in [5, 5.41) is 9.10. The number of piperidine rings is 2. The first-order valence-electron chi connectivity index (χ1n) is 13.8. The van der Waals surface area contributed by atoms with Gasteiger partial charge in [-0.3, -0.25) is 9.52 Å². The number of nitrogens with one attached hydrogen (secondary N) is 1. The fourth-order valence-electron chi connectivity index (χ4n) is 5.90. The summed E-state index contributed by atoms with van der Waals surface area (Å²) in [5.41, 5.74) is 4.15. The van der Waals surface area contributed by atoms with Gasteiger partial charge in [0.05, 0.1) is 18.0 Å². The average molecular weight is 526 g/mol. The van der Waals surface area contributed by atoms with Crippen molar-refractivity contribution in [2.24, 2.45) is 11.8 Å². The molecule has 1 saturated carbocycles. The number of carbonyl (C=O) groups excluding carboxylic acids is 1. The zero-order valence-electron chi connectivity index (χ0n) is 21.6. The SMILES string of the molecule is O=C(Cc1ccc(NS(=O)(=O)CCO)cc1N1CCC(C2CC2)CC1)c1cccc(N2CCCCC2)c1. The molecule has 3 aliphatic rings. The standard InChI is InChI=1S/C29H39N3O4S/c33-17-18-37(35,36)30-26-10-9-24(28(21-26)32-15-11-23(12-16-32)22-7-8-22)20-29(34)25-5-4-6-27(19-25)31-13-2-1-3-14-31/h4-6,9-10,19,21-23,30,33H,1-3,7-8,11-18,20H2. The van der Waals surface area contributed by atoms with Gasteiger partial charge in [-0.25, -0.2) is 8.42 Å². The summed E-state index contributed by atoms with van der Waals surface area (Å²) in [5.74, 6) is 1.39. The molecule has 2 aliphatic heterocycles. The second kappa shape index (κ2) is 11.4. The Kier molecular flexibility index (Phi) is 8.05. The zero-order chi connectivity index (χ0) is 25.8. The van der Waals surface area contributed by atoms with Crippen molar-refractivity contribution in [3.05, 3.63) is 53.6 Å². The lowest BCUT2D eigenvalue weighted by molar-refractivity contribution is 0.0993. The highest BCUT2D eigenvalue weighted by Gasteiger charge is 2.34. The molecule has 0 unspecified atom stereocenters. The Morgan fingerprint density at radius 1 is 0.892 bits per heavy atom. The Morgan fingerprint density at radius 2 is 1.62 bits per heavy atom. The molecule has 0 radical (unpaired) electrons. The minimum atomic E-state index is -3.63. The van der Waals surface area contributed by atoms with Gasteiger partial charge < -0.3 is 14.9 Å². The smallest absolute Gasteiger partial charge is 0.234 e. The van der Waals surface area contributed by atoms with Crippen LogP contribution in [0.1, 0.15) is 60.9 Å². The number of nitrogens with zero attached hydrogens (tertiary/aromatic N) is 2. The normalized spacial score (nSPS) is 19.2. The summed E-state index contributed by atoms with van der Waals surface area (Å²) >= 11 is 0. The van der Waals surface area contributed by atoms with E-state index in [2.05, 4.69) is 20.6 Å². The second-order valence-corrected chi connectivity index (χ2v) is 12.7. The summed E-state index contributed by atoms with van der Waals surface area (Å²) in [6.45, 7) is 3.47. The van der Waals surface area contributed by atoms with E-state index in [0.717, 1.165) is 67.8 Å². The van der Waals surface area contributed by atoms with Crippen molar-refractivity contribution in [2.75, 3.05) is 53.1 Å². The molecular weight excluding hydrogens is 486 g/mol. The van der Waals surface area contributed by atoms with Crippen molar-refractivity contribution in [2.45, 2.75) is 51.4 Å². The van der Waals surface area contributed by atoms with Crippen molar-refractivity contribution in [1.82, 2.24) is 0 Å². The minimum absolute atomic E-state index is 0.0709. The number of hydrogen-bond donors (Lipinski definition) is 2. The lowest BCUT2D eigenvalue weighted by Gasteiger charge is -2.35. The first-order valence-corrected chi connectivity index (χ1v) is 15.4. The second-order valence-electron chi connectivity index (χ2n) is 10.8. The van der Waals surface area contributed by atoms with E-state index in [1.807, 2.05) is 30.3 Å². The molecule has 7 nitrogen and oxygen atoms in total. The molecule has 200 valence electrons. The molecule has 2 saturated heterocycles. The maximum Gasteiger partial charge on any atom is 0.234 e. The van der Waals surface area contributed by atoms with Gasteiger partial charge in [0.25, 0.3) is 0 Å². The number of aliphatic hydroxyl groups is 1. The summed E-state index contributed by atoms with van der Waals surface area (Å²) in [6, 6.07) is 13.4. The molecule has 0 atom stereocenters. The van der Waals surface area contributed by atoms with Crippen LogP contribution in [-0.2, 0) is 16.4 Å². The van der Waals surface area contributed by atoms with Crippen molar-refractivity contribution in [1.29, 1.82) is 0 Å². The van der Waals surface area contributed by atoms with Gasteiger partial charge in [-0.2, -0.15) is 0 Å². The van der Waals surface area contributed by atoms with E-state index in [9.17, 15) is 13.2 Å². The van der Waals surface area contributed by atoms with Crippen molar-refractivity contribution >= 4 is 32.9 Å². The maximum absolute atomic E-state index is 13.5. The molecule has 8 heteroatoms. The van der Waals surface area contributed by atoms with Crippen LogP contribution >= 0.6 is 0 Å². The fourth-order valence-corrected chi connectivity index (χ4v) is 6.73. The van der Waals surface area contributed by atoms with Crippen LogP contribution in [0.2, 0.25) is 0 Å². The Labute approximate surface area is 220 Å². The van der Waals surface area contributed by atoms with Gasteiger partial charge in [0.2, 0.25) is 10.0 Å². The predicted octanol–water partition coefficient (Wildman–Crippen LogP) is 4.46. The molecule has 3 fully saturated rings. The van der Waals surface area contributed by atoms with Crippen molar-refractivity contribution in [3.63, 3.8) is 0 Å². The Balaban J connectivity index is 1.36. The maximum atomic E-state index is 13.5. The van der Waals surface area contributed by atoms with E-state index < -0.39 is 16.6 Å². The van der Waals surface area contributed by atoms with Gasteiger partial charge >= 0.3 is 0 Å². The number of benzene rings is 2. The van der Waals surface area contributed by atoms with Crippen LogP contribution in [0.4, 0.5) is 17.1 Å². The Morgan fingerprint density at radius 3 is 2.32 bits per heavy atom. The first kappa shape index (κ1) is 26.0. The highest BCUT2D eigenvalue weighted by Crippen LogP contribution is 2.43. The molecule has 0 spiro atoms. The molecule has 2 heterocycles. The van der Waals surface area contributed by atoms with Crippen LogP contribution in [0.3, 0.4) is 0 Å². The molecule has 5 rings (SSSR count). The Bertz CT molecular complexity index is 1200. The van der Waals surface area contributed by atoms with E-state index in [1.165, 1.54) is 32.1 Å². The molecule has 2 aromatic rings. The summed E-state index contributed by atoms with van der Waals surface area (Å²) in [7, 11) is -3.63. The number of sulfonamides is 1. The monoisotopic (exact) mass is 525 g/mol. The van der Waals surface area contributed by atoms with Gasteiger partial charge in [-0.1, -0.05) is 18.2 Å². The van der Waals surface area contributed by atoms with Crippen LogP contribution in [0.25, 0.3) is 0 Å². The molecule has 0 aromatic heterocycles. The summed E-state index contributed by atoms with van der Waals surface area (Å²) < 4.78 is 27.1. The van der Waals surface area contributed by atoms with E-state index >= 15 is 0 Å². The van der Waals surface area contributed by atoms with E-state index in [1.54, 1.807) is 6.07 Å².